The molecule has 0 nitrogen and oxygen atoms in total. The number of rotatable bonds is 5. The molecule has 0 aliphatic heterocycles. The van der Waals surface area contributed by atoms with Gasteiger partial charge in [0.2, 0.25) is 0 Å². The predicted molar refractivity (Wildman–Crippen MR) is 54.9 cm³/mol. The van der Waals surface area contributed by atoms with Crippen molar-refractivity contribution in [2.45, 2.75) is 66.7 Å². The van der Waals surface area contributed by atoms with E-state index in [2.05, 4.69) is 20.8 Å². The van der Waals surface area contributed by atoms with E-state index in [0.717, 1.165) is 5.92 Å². The molecule has 0 heterocycles. The fourth-order valence-electron chi connectivity index (χ4n) is 1.37. The van der Waals surface area contributed by atoms with E-state index in [1.807, 2.05) is 13.8 Å². The van der Waals surface area contributed by atoms with Gasteiger partial charge in [0.1, 0.15) is 0 Å². The molecule has 0 aromatic heterocycles. The average Bonchev–Trinajstić information content (AvgIpc) is 2.08. The minimum absolute atomic E-state index is 1.01. The largest absolute Gasteiger partial charge is 0.0683 e. The molecule has 0 rings (SSSR count). The summed E-state index contributed by atoms with van der Waals surface area (Å²) in [7, 11) is 0. The summed E-state index contributed by atoms with van der Waals surface area (Å²) in [6.07, 6.45) is 6.97. The van der Waals surface area contributed by atoms with Crippen LogP contribution in [0.2, 0.25) is 0 Å². The summed E-state index contributed by atoms with van der Waals surface area (Å²) in [4.78, 5) is 0. The van der Waals surface area contributed by atoms with E-state index < -0.39 is 0 Å². The van der Waals surface area contributed by atoms with Crippen LogP contribution < -0.4 is 0 Å². The van der Waals surface area contributed by atoms with Gasteiger partial charge in [-0.05, 0) is 5.92 Å². The summed E-state index contributed by atoms with van der Waals surface area (Å²) < 4.78 is 0. The van der Waals surface area contributed by atoms with E-state index >= 15 is 0 Å². The van der Waals surface area contributed by atoms with Crippen LogP contribution in [0, 0.1) is 5.92 Å². The van der Waals surface area contributed by atoms with Crippen molar-refractivity contribution in [3.8, 4) is 0 Å². The molecule has 0 atom stereocenters. The molecule has 0 saturated heterocycles. The van der Waals surface area contributed by atoms with E-state index in [0.29, 0.717) is 0 Å². The number of hydrogen-bond donors (Lipinski definition) is 0. The van der Waals surface area contributed by atoms with Crippen LogP contribution in [0.3, 0.4) is 0 Å². The molecule has 0 spiro atoms. The molecule has 0 aliphatic carbocycles. The third-order valence-electron chi connectivity index (χ3n) is 1.97. The summed E-state index contributed by atoms with van der Waals surface area (Å²) >= 11 is 0. The van der Waals surface area contributed by atoms with Crippen LogP contribution in [0.5, 0.6) is 0 Å². The van der Waals surface area contributed by atoms with Gasteiger partial charge in [0.15, 0.2) is 0 Å². The fourth-order valence-corrected chi connectivity index (χ4v) is 1.37. The Kier molecular flexibility index (Phi) is 15.6. The van der Waals surface area contributed by atoms with Crippen molar-refractivity contribution in [1.29, 1.82) is 0 Å². The lowest BCUT2D eigenvalue weighted by atomic mass is 9.96. The minimum Gasteiger partial charge on any atom is -0.0683 e. The molecule has 0 saturated carbocycles. The first-order valence-corrected chi connectivity index (χ1v) is 5.35. The second-order valence-electron chi connectivity index (χ2n) is 2.85. The Hall–Kier alpha value is 0. The Bertz CT molecular complexity index is 42.0. The van der Waals surface area contributed by atoms with Crippen LogP contribution in [0.4, 0.5) is 0 Å². The molecule has 0 unspecified atom stereocenters. The molecule has 70 valence electrons. The van der Waals surface area contributed by atoms with Gasteiger partial charge in [0.25, 0.3) is 0 Å². The van der Waals surface area contributed by atoms with Crippen LogP contribution in [0.15, 0.2) is 0 Å². The van der Waals surface area contributed by atoms with Crippen LogP contribution in [-0.4, -0.2) is 0 Å². The lowest BCUT2D eigenvalue weighted by molar-refractivity contribution is 0.427. The molecule has 0 amide bonds. The summed E-state index contributed by atoms with van der Waals surface area (Å²) in [5, 5.41) is 0. The second kappa shape index (κ2) is 12.7. The molecule has 0 aromatic rings. The van der Waals surface area contributed by atoms with Crippen LogP contribution >= 0.6 is 0 Å². The van der Waals surface area contributed by atoms with Crippen molar-refractivity contribution >= 4 is 0 Å². The Morgan fingerprint density at radius 1 is 0.818 bits per heavy atom. The second-order valence-corrected chi connectivity index (χ2v) is 2.85. The third-order valence-corrected chi connectivity index (χ3v) is 1.97. The first kappa shape index (κ1) is 13.6. The highest BCUT2D eigenvalue weighted by atomic mass is 14.1. The van der Waals surface area contributed by atoms with Crippen molar-refractivity contribution in [3.05, 3.63) is 0 Å². The maximum absolute atomic E-state index is 2.30. The van der Waals surface area contributed by atoms with Gasteiger partial charge in [-0.25, -0.2) is 0 Å². The SMILES string of the molecule is CC.CCCC(CC)CCC. The minimum atomic E-state index is 1.01. The molecule has 0 fully saturated rings. The Morgan fingerprint density at radius 2 is 1.18 bits per heavy atom. The van der Waals surface area contributed by atoms with Gasteiger partial charge in [0.05, 0.1) is 0 Å². The van der Waals surface area contributed by atoms with E-state index in [-0.39, 0.29) is 0 Å². The zero-order valence-electron chi connectivity index (χ0n) is 9.11. The van der Waals surface area contributed by atoms with Gasteiger partial charge in [-0.15, -0.1) is 0 Å². The van der Waals surface area contributed by atoms with Gasteiger partial charge in [-0.3, -0.25) is 0 Å². The number of hydrogen-bond acceptors (Lipinski definition) is 0. The molecule has 11 heavy (non-hydrogen) atoms. The lowest BCUT2D eigenvalue weighted by Crippen LogP contribution is -1.96. The maximum atomic E-state index is 2.30. The predicted octanol–water partition coefficient (Wildman–Crippen LogP) is 4.64. The van der Waals surface area contributed by atoms with Gasteiger partial charge in [-0.1, -0.05) is 66.7 Å². The topological polar surface area (TPSA) is 0 Å². The first-order valence-electron chi connectivity index (χ1n) is 5.35. The van der Waals surface area contributed by atoms with Crippen molar-refractivity contribution in [2.75, 3.05) is 0 Å². The first-order chi connectivity index (χ1) is 5.35. The van der Waals surface area contributed by atoms with Crippen LogP contribution in [0.25, 0.3) is 0 Å². The average molecular weight is 158 g/mol. The molecule has 0 bridgehead atoms. The highest BCUT2D eigenvalue weighted by Crippen LogP contribution is 2.16. The molecule has 0 aromatic carbocycles. The van der Waals surface area contributed by atoms with Crippen molar-refractivity contribution in [3.63, 3.8) is 0 Å². The maximum Gasteiger partial charge on any atom is -0.0417 e. The smallest absolute Gasteiger partial charge is 0.0417 e. The van der Waals surface area contributed by atoms with Crippen molar-refractivity contribution in [2.24, 2.45) is 5.92 Å². The fraction of sp³-hybridized carbons (Fsp3) is 1.00. The zero-order chi connectivity index (χ0) is 9.11. The third kappa shape index (κ3) is 10.0. The van der Waals surface area contributed by atoms with Gasteiger partial charge in [0, 0.05) is 0 Å². The van der Waals surface area contributed by atoms with E-state index in [4.69, 9.17) is 0 Å². The molecule has 0 radical (unpaired) electrons. The van der Waals surface area contributed by atoms with E-state index in [9.17, 15) is 0 Å². The normalized spacial score (nSPS) is 9.27. The summed E-state index contributed by atoms with van der Waals surface area (Å²) in [5.41, 5.74) is 0. The molecular formula is C11H26. The summed E-state index contributed by atoms with van der Waals surface area (Å²) in [6.45, 7) is 10.9. The van der Waals surface area contributed by atoms with E-state index in [1.54, 1.807) is 0 Å². The quantitative estimate of drug-likeness (QED) is 0.547. The Morgan fingerprint density at radius 3 is 1.36 bits per heavy atom. The highest BCUT2D eigenvalue weighted by Gasteiger charge is 2.01. The summed E-state index contributed by atoms with van der Waals surface area (Å²) in [6, 6.07) is 0. The molecule has 0 N–H and O–H groups in total. The molecule has 0 aliphatic rings. The van der Waals surface area contributed by atoms with Crippen LogP contribution in [0.1, 0.15) is 66.7 Å². The van der Waals surface area contributed by atoms with Crippen molar-refractivity contribution < 1.29 is 0 Å². The van der Waals surface area contributed by atoms with E-state index in [1.165, 1.54) is 32.1 Å². The van der Waals surface area contributed by atoms with Crippen LogP contribution in [-0.2, 0) is 0 Å². The molecular weight excluding hydrogens is 132 g/mol. The van der Waals surface area contributed by atoms with Gasteiger partial charge in [-0.2, -0.15) is 0 Å². The monoisotopic (exact) mass is 158 g/mol. The standard InChI is InChI=1S/C9H20.C2H6/c1-4-7-9(6-3)8-5-2;1-2/h9H,4-8H2,1-3H3;1-2H3. The lowest BCUT2D eigenvalue weighted by Gasteiger charge is -2.10. The van der Waals surface area contributed by atoms with Crippen molar-refractivity contribution in [1.82, 2.24) is 0 Å². The summed E-state index contributed by atoms with van der Waals surface area (Å²) in [5.74, 6) is 1.01. The zero-order valence-corrected chi connectivity index (χ0v) is 9.11. The molecule has 0 heteroatoms. The van der Waals surface area contributed by atoms with Gasteiger partial charge < -0.3 is 0 Å². The highest BCUT2D eigenvalue weighted by molar-refractivity contribution is 4.54. The Balaban J connectivity index is 0. The van der Waals surface area contributed by atoms with Gasteiger partial charge >= 0.3 is 0 Å². The Labute approximate surface area is 73.4 Å².